The molecule has 1 aromatic carbocycles. The summed E-state index contributed by atoms with van der Waals surface area (Å²) < 4.78 is 4.95. The lowest BCUT2D eigenvalue weighted by Crippen LogP contribution is -2.32. The van der Waals surface area contributed by atoms with Crippen LogP contribution < -0.4 is 15.2 Å². The van der Waals surface area contributed by atoms with E-state index in [0.29, 0.717) is 5.75 Å². The Hall–Kier alpha value is -1.42. The molecule has 6 heteroatoms. The summed E-state index contributed by atoms with van der Waals surface area (Å²) in [6.45, 7) is 0. The van der Waals surface area contributed by atoms with Gasteiger partial charge in [0.15, 0.2) is 17.6 Å². The molecule has 0 amide bonds. The van der Waals surface area contributed by atoms with Crippen LogP contribution in [0.4, 0.5) is 0 Å². The summed E-state index contributed by atoms with van der Waals surface area (Å²) in [7, 11) is -2.21. The van der Waals surface area contributed by atoms with Gasteiger partial charge in [0, 0.05) is 0 Å². The Labute approximate surface area is 87.7 Å². The second kappa shape index (κ2) is 5.46. The molecule has 1 rings (SSSR count). The van der Waals surface area contributed by atoms with E-state index in [-0.39, 0.29) is 0 Å². The maximum absolute atomic E-state index is 11.3. The van der Waals surface area contributed by atoms with Crippen LogP contribution in [0.3, 0.4) is 0 Å². The fourth-order valence-corrected chi connectivity index (χ4v) is 1.59. The van der Waals surface area contributed by atoms with Crippen LogP contribution in [0.5, 0.6) is 5.75 Å². The maximum Gasteiger partial charge on any atom is 0.328 e. The molecular weight excluding hydrogens is 217 g/mol. The molecule has 2 unspecified atom stereocenters. The van der Waals surface area contributed by atoms with Crippen molar-refractivity contribution in [3.8, 4) is 5.75 Å². The lowest BCUT2D eigenvalue weighted by atomic mass is 10.3. The van der Waals surface area contributed by atoms with E-state index >= 15 is 0 Å². The minimum Gasteiger partial charge on any atom is -0.595 e. The second-order valence-electron chi connectivity index (χ2n) is 2.70. The molecule has 80 valence electrons. The van der Waals surface area contributed by atoms with Gasteiger partial charge in [0.25, 0.3) is 8.00 Å². The van der Waals surface area contributed by atoms with E-state index in [1.54, 1.807) is 30.3 Å². The summed E-state index contributed by atoms with van der Waals surface area (Å²) in [5.74, 6) is 0.118. The number of nitrogens with two attached hydrogens (primary N) is 1. The Morgan fingerprint density at radius 3 is 2.67 bits per heavy atom. The molecule has 0 aromatic heterocycles. The number of carboxylic acid groups (broad SMARTS) is 1. The molecule has 0 fully saturated rings. The minimum atomic E-state index is -2.21. The predicted molar refractivity (Wildman–Crippen MR) is 55.7 cm³/mol. The van der Waals surface area contributed by atoms with E-state index in [9.17, 15) is 9.69 Å². The highest BCUT2D eigenvalue weighted by Gasteiger charge is 2.13. The number of hydrogen-bond acceptors (Lipinski definition) is 4. The van der Waals surface area contributed by atoms with Crippen molar-refractivity contribution in [3.05, 3.63) is 30.3 Å². The van der Waals surface area contributed by atoms with Crippen molar-refractivity contribution in [2.75, 3.05) is 0 Å². The van der Waals surface area contributed by atoms with Gasteiger partial charge in [-0.3, -0.25) is 9.32 Å². The van der Waals surface area contributed by atoms with Crippen molar-refractivity contribution < 1.29 is 19.3 Å². The second-order valence-corrected chi connectivity index (χ2v) is 3.75. The van der Waals surface area contributed by atoms with Gasteiger partial charge in [-0.2, -0.15) is 0 Å². The van der Waals surface area contributed by atoms with Crippen LogP contribution in [0.25, 0.3) is 0 Å². The van der Waals surface area contributed by atoms with Crippen molar-refractivity contribution in [1.82, 2.24) is 0 Å². The Morgan fingerprint density at radius 1 is 1.53 bits per heavy atom. The van der Waals surface area contributed by atoms with Crippen LogP contribution in [0.2, 0.25) is 0 Å². The van der Waals surface area contributed by atoms with E-state index in [4.69, 9.17) is 15.4 Å². The number of carbonyl (C=O) groups is 1. The van der Waals surface area contributed by atoms with Gasteiger partial charge in [0.2, 0.25) is 0 Å². The number of carboxylic acids is 1. The molecule has 0 aliphatic heterocycles. The van der Waals surface area contributed by atoms with Crippen LogP contribution in [-0.4, -0.2) is 22.9 Å². The molecule has 0 radical (unpaired) electrons. The SMILES string of the molecule is NC(/C=[P+](\[O-])Oc1ccccc1)C(=O)O. The van der Waals surface area contributed by atoms with Crippen molar-refractivity contribution in [2.24, 2.45) is 5.73 Å². The first-order chi connectivity index (χ1) is 7.09. The molecule has 0 bridgehead atoms. The maximum atomic E-state index is 11.3. The van der Waals surface area contributed by atoms with Crippen LogP contribution >= 0.6 is 8.00 Å². The van der Waals surface area contributed by atoms with Gasteiger partial charge >= 0.3 is 5.97 Å². The summed E-state index contributed by atoms with van der Waals surface area (Å²) in [5, 5.41) is 8.46. The normalized spacial score (nSPS) is 13.3. The third kappa shape index (κ3) is 4.08. The molecule has 5 nitrogen and oxygen atoms in total. The summed E-state index contributed by atoms with van der Waals surface area (Å²) in [4.78, 5) is 21.6. The fraction of sp³-hybridized carbons (Fsp3) is 0.111. The first-order valence-electron chi connectivity index (χ1n) is 4.12. The van der Waals surface area contributed by atoms with Crippen molar-refractivity contribution in [1.29, 1.82) is 0 Å². The van der Waals surface area contributed by atoms with E-state index in [1.165, 1.54) is 0 Å². The summed E-state index contributed by atoms with van der Waals surface area (Å²) in [6, 6.07) is 7.18. The molecule has 3 N–H and O–H groups in total. The summed E-state index contributed by atoms with van der Waals surface area (Å²) >= 11 is 0. The van der Waals surface area contributed by atoms with Crippen molar-refractivity contribution >= 4 is 19.8 Å². The van der Waals surface area contributed by atoms with Gasteiger partial charge < -0.3 is 15.7 Å². The first kappa shape index (κ1) is 11.7. The molecule has 1 aromatic rings. The molecular formula is C9H10NO4P. The first-order valence-corrected chi connectivity index (χ1v) is 5.37. The van der Waals surface area contributed by atoms with Gasteiger partial charge in [-0.25, -0.2) is 0 Å². The predicted octanol–water partition coefficient (Wildman–Crippen LogP) is -0.0483. The van der Waals surface area contributed by atoms with Gasteiger partial charge in [-0.1, -0.05) is 18.2 Å². The number of hydrogen-bond donors (Lipinski definition) is 2. The molecule has 0 aliphatic rings. The Morgan fingerprint density at radius 2 is 2.13 bits per heavy atom. The van der Waals surface area contributed by atoms with E-state index < -0.39 is 20.0 Å². The van der Waals surface area contributed by atoms with Crippen LogP contribution in [0, 0.1) is 0 Å². The molecule has 2 atom stereocenters. The third-order valence-electron chi connectivity index (χ3n) is 1.51. The topological polar surface area (TPSA) is 95.6 Å². The molecule has 0 heterocycles. The Kier molecular flexibility index (Phi) is 4.24. The Balaban J connectivity index is 2.63. The summed E-state index contributed by atoms with van der Waals surface area (Å²) in [6.07, 6.45) is 0. The zero-order valence-electron chi connectivity index (χ0n) is 7.74. The zero-order valence-corrected chi connectivity index (χ0v) is 8.63. The molecule has 0 aliphatic carbocycles. The molecule has 0 saturated carbocycles. The smallest absolute Gasteiger partial charge is 0.328 e. The highest BCUT2D eigenvalue weighted by molar-refractivity contribution is 7.45. The Bertz CT molecular complexity index is 366. The van der Waals surface area contributed by atoms with E-state index in [1.807, 2.05) is 0 Å². The monoisotopic (exact) mass is 227 g/mol. The highest BCUT2D eigenvalue weighted by Crippen LogP contribution is 2.19. The lowest BCUT2D eigenvalue weighted by Gasteiger charge is -2.01. The minimum absolute atomic E-state index is 0.410. The van der Waals surface area contributed by atoms with Gasteiger partial charge in [0.05, 0.1) is 0 Å². The number of benzene rings is 1. The number of para-hydroxylation sites is 1. The average Bonchev–Trinajstić information content (AvgIpc) is 2.18. The molecule has 0 saturated heterocycles. The van der Waals surface area contributed by atoms with Gasteiger partial charge in [-0.05, 0) is 12.1 Å². The third-order valence-corrected chi connectivity index (χ3v) is 2.46. The molecule has 15 heavy (non-hydrogen) atoms. The van der Waals surface area contributed by atoms with Gasteiger partial charge in [-0.15, -0.1) is 0 Å². The van der Waals surface area contributed by atoms with E-state index in [2.05, 4.69) is 0 Å². The van der Waals surface area contributed by atoms with Crippen LogP contribution in [0.1, 0.15) is 0 Å². The van der Waals surface area contributed by atoms with Crippen LogP contribution in [-0.2, 0) is 4.79 Å². The van der Waals surface area contributed by atoms with Crippen molar-refractivity contribution in [3.63, 3.8) is 0 Å². The van der Waals surface area contributed by atoms with E-state index in [0.717, 1.165) is 5.80 Å². The average molecular weight is 227 g/mol. The molecule has 0 spiro atoms. The quantitative estimate of drug-likeness (QED) is 0.703. The van der Waals surface area contributed by atoms with Crippen molar-refractivity contribution in [2.45, 2.75) is 6.04 Å². The number of rotatable bonds is 4. The number of aliphatic carboxylic acids is 1. The summed E-state index contributed by atoms with van der Waals surface area (Å²) in [5.41, 5.74) is 5.15. The zero-order chi connectivity index (χ0) is 11.3. The highest BCUT2D eigenvalue weighted by atomic mass is 31.1. The lowest BCUT2D eigenvalue weighted by molar-refractivity contribution is -0.165. The fourth-order valence-electron chi connectivity index (χ4n) is 0.811. The van der Waals surface area contributed by atoms with Crippen LogP contribution in [0.15, 0.2) is 30.3 Å². The largest absolute Gasteiger partial charge is 0.595 e. The van der Waals surface area contributed by atoms with Gasteiger partial charge in [0.1, 0.15) is 0 Å². The standard InChI is InChI=1S/C9H10NO4P/c10-8(9(11)12)6-15(13)14-7-4-2-1-3-5-7/h1-6,8H,10H2,(H,11,12).